The van der Waals surface area contributed by atoms with E-state index in [1.54, 1.807) is 0 Å². The number of imidazole rings is 1. The third-order valence-electron chi connectivity index (χ3n) is 12.7. The second kappa shape index (κ2) is 13.2. The summed E-state index contributed by atoms with van der Waals surface area (Å²) >= 11 is 0. The number of nitrogens with one attached hydrogen (secondary N) is 1. The van der Waals surface area contributed by atoms with E-state index in [1.165, 1.54) is 33.0 Å². The summed E-state index contributed by atoms with van der Waals surface area (Å²) in [5, 5.41) is 2.40. The van der Waals surface area contributed by atoms with Crippen LogP contribution in [0, 0.1) is 0 Å². The Labute approximate surface area is 344 Å². The van der Waals surface area contributed by atoms with Crippen molar-refractivity contribution in [2.75, 3.05) is 4.90 Å². The van der Waals surface area contributed by atoms with Crippen molar-refractivity contribution in [2.45, 2.75) is 38.5 Å². The molecule has 1 N–H and O–H groups in total. The van der Waals surface area contributed by atoms with E-state index >= 15 is 0 Å². The van der Waals surface area contributed by atoms with E-state index in [4.69, 9.17) is 9.97 Å². The first-order chi connectivity index (χ1) is 28.8. The topological polar surface area (TPSA) is 49.7 Å². The predicted octanol–water partition coefficient (Wildman–Crippen LogP) is 13.8. The molecule has 4 heterocycles. The van der Waals surface area contributed by atoms with E-state index < -0.39 is 0 Å². The van der Waals surface area contributed by atoms with Crippen molar-refractivity contribution >= 4 is 50.0 Å². The predicted molar refractivity (Wildman–Crippen MR) is 244 cm³/mol. The average Bonchev–Trinajstić information content (AvgIpc) is 3.86. The van der Waals surface area contributed by atoms with Crippen molar-refractivity contribution in [3.05, 3.63) is 204 Å². The fourth-order valence-electron chi connectivity index (χ4n) is 9.49. The van der Waals surface area contributed by atoms with Crippen LogP contribution in [0.1, 0.15) is 49.9 Å². The first kappa shape index (κ1) is 35.0. The van der Waals surface area contributed by atoms with Crippen LogP contribution in [-0.2, 0) is 10.8 Å². The van der Waals surface area contributed by atoms with Gasteiger partial charge in [-0.15, -0.1) is 0 Å². The summed E-state index contributed by atoms with van der Waals surface area (Å²) in [6, 6.07) is 63.2. The van der Waals surface area contributed by atoms with Gasteiger partial charge in [-0.25, -0.2) is 9.97 Å². The molecule has 0 aliphatic carbocycles. The van der Waals surface area contributed by atoms with Crippen LogP contribution in [0.15, 0.2) is 182 Å². The van der Waals surface area contributed by atoms with Crippen LogP contribution in [0.25, 0.3) is 61.0 Å². The fraction of sp³-hybridized carbons (Fsp3) is 0.111. The summed E-state index contributed by atoms with van der Waals surface area (Å²) in [6.07, 6.45) is 1.97. The highest BCUT2D eigenvalue weighted by Crippen LogP contribution is 2.53. The minimum atomic E-state index is -0.242. The number of rotatable bonds is 6. The molecule has 0 bridgehead atoms. The monoisotopic (exact) mass is 761 g/mol. The molecule has 5 heteroatoms. The molecule has 10 aromatic rings. The van der Waals surface area contributed by atoms with Crippen LogP contribution in [0.2, 0.25) is 0 Å². The number of pyridine rings is 1. The second-order valence-electron chi connectivity index (χ2n) is 16.8. The Morgan fingerprint density at radius 3 is 2.12 bits per heavy atom. The van der Waals surface area contributed by atoms with Gasteiger partial charge in [-0.1, -0.05) is 149 Å². The van der Waals surface area contributed by atoms with Crippen molar-refractivity contribution in [3.63, 3.8) is 0 Å². The van der Waals surface area contributed by atoms with E-state index in [0.717, 1.165) is 67.5 Å². The normalized spacial score (nSPS) is 13.5. The standard InChI is InChI=1S/C54H43N5/c1-53(2,36-17-7-5-8-18-36)37-31-32-55-49(34-37)59-46-27-14-12-25-43(46)54(3,4)44-30-29-35(33-48(44)59)39-22-16-28-47-51(39)57-52(58(47)38-19-9-6-10-20-38)42-24-15-23-41-40-21-11-13-26-45(40)56-50(41)42/h5-34,56H,1-4H3. The van der Waals surface area contributed by atoms with Crippen molar-refractivity contribution in [1.82, 2.24) is 19.5 Å². The number of fused-ring (bicyclic) bond motifs is 6. The summed E-state index contributed by atoms with van der Waals surface area (Å²) in [5.41, 5.74) is 15.3. The molecular weight excluding hydrogens is 719 g/mol. The number of aromatic amines is 1. The zero-order valence-corrected chi connectivity index (χ0v) is 33.6. The molecule has 1 aliphatic heterocycles. The molecule has 59 heavy (non-hydrogen) atoms. The summed E-state index contributed by atoms with van der Waals surface area (Å²) in [5.74, 6) is 1.79. The van der Waals surface area contributed by atoms with Crippen molar-refractivity contribution < 1.29 is 0 Å². The van der Waals surface area contributed by atoms with Crippen LogP contribution in [0.5, 0.6) is 0 Å². The van der Waals surface area contributed by atoms with E-state index in [2.05, 4.69) is 218 Å². The summed E-state index contributed by atoms with van der Waals surface area (Å²) in [6.45, 7) is 9.26. The summed E-state index contributed by atoms with van der Waals surface area (Å²) < 4.78 is 2.31. The van der Waals surface area contributed by atoms with Crippen LogP contribution >= 0.6 is 0 Å². The molecule has 0 spiro atoms. The van der Waals surface area contributed by atoms with E-state index in [-0.39, 0.29) is 10.8 Å². The smallest absolute Gasteiger partial charge is 0.147 e. The highest BCUT2D eigenvalue weighted by Gasteiger charge is 2.38. The summed E-state index contributed by atoms with van der Waals surface area (Å²) in [4.78, 5) is 16.8. The molecule has 0 saturated carbocycles. The molecule has 7 aromatic carbocycles. The van der Waals surface area contributed by atoms with Gasteiger partial charge in [-0.3, -0.25) is 9.47 Å². The van der Waals surface area contributed by atoms with Crippen LogP contribution < -0.4 is 4.90 Å². The number of anilines is 3. The minimum absolute atomic E-state index is 0.222. The number of aromatic nitrogens is 4. The zero-order chi connectivity index (χ0) is 39.9. The third-order valence-corrected chi connectivity index (χ3v) is 12.7. The Morgan fingerprint density at radius 2 is 1.27 bits per heavy atom. The molecule has 0 saturated heterocycles. The van der Waals surface area contributed by atoms with Gasteiger partial charge >= 0.3 is 0 Å². The van der Waals surface area contributed by atoms with E-state index in [9.17, 15) is 0 Å². The van der Waals surface area contributed by atoms with Crippen molar-refractivity contribution in [1.29, 1.82) is 0 Å². The lowest BCUT2D eigenvalue weighted by atomic mass is 9.73. The molecule has 284 valence electrons. The van der Waals surface area contributed by atoms with Gasteiger partial charge < -0.3 is 4.98 Å². The number of benzene rings is 7. The molecular formula is C54H43N5. The molecule has 3 aromatic heterocycles. The summed E-state index contributed by atoms with van der Waals surface area (Å²) in [7, 11) is 0. The highest BCUT2D eigenvalue weighted by atomic mass is 15.2. The lowest BCUT2D eigenvalue weighted by Crippen LogP contribution is -2.31. The Morgan fingerprint density at radius 1 is 0.576 bits per heavy atom. The van der Waals surface area contributed by atoms with Gasteiger partial charge in [0.15, 0.2) is 0 Å². The van der Waals surface area contributed by atoms with Gasteiger partial charge in [0.25, 0.3) is 0 Å². The van der Waals surface area contributed by atoms with Crippen molar-refractivity contribution in [3.8, 4) is 28.2 Å². The minimum Gasteiger partial charge on any atom is -0.354 e. The lowest BCUT2D eigenvalue weighted by Gasteiger charge is -2.42. The van der Waals surface area contributed by atoms with Gasteiger partial charge in [-0.2, -0.15) is 0 Å². The molecule has 5 nitrogen and oxygen atoms in total. The highest BCUT2D eigenvalue weighted by molar-refractivity contribution is 6.12. The van der Waals surface area contributed by atoms with Gasteiger partial charge in [-0.05, 0) is 82.4 Å². The van der Waals surface area contributed by atoms with Gasteiger partial charge in [0.05, 0.1) is 27.9 Å². The van der Waals surface area contributed by atoms with Crippen LogP contribution in [-0.4, -0.2) is 19.5 Å². The Balaban J connectivity index is 1.13. The van der Waals surface area contributed by atoms with Crippen molar-refractivity contribution in [2.24, 2.45) is 0 Å². The number of hydrogen-bond donors (Lipinski definition) is 1. The largest absolute Gasteiger partial charge is 0.354 e. The van der Waals surface area contributed by atoms with Gasteiger partial charge in [0.2, 0.25) is 0 Å². The molecule has 0 radical (unpaired) electrons. The quantitative estimate of drug-likeness (QED) is 0.184. The molecule has 0 amide bonds. The number of hydrogen-bond acceptors (Lipinski definition) is 3. The zero-order valence-electron chi connectivity index (χ0n) is 33.6. The third kappa shape index (κ3) is 5.38. The maximum atomic E-state index is 5.59. The maximum Gasteiger partial charge on any atom is 0.147 e. The first-order valence-corrected chi connectivity index (χ1v) is 20.4. The average molecular weight is 762 g/mol. The molecule has 0 unspecified atom stereocenters. The Bertz CT molecular complexity index is 3220. The number of para-hydroxylation sites is 5. The molecule has 0 fully saturated rings. The molecule has 11 rings (SSSR count). The Kier molecular flexibility index (Phi) is 7.79. The fourth-order valence-corrected chi connectivity index (χ4v) is 9.49. The molecule has 0 atom stereocenters. The lowest BCUT2D eigenvalue weighted by molar-refractivity contribution is 0.629. The first-order valence-electron chi connectivity index (χ1n) is 20.4. The van der Waals surface area contributed by atoms with E-state index in [1.807, 2.05) is 6.20 Å². The number of nitrogens with zero attached hydrogens (tertiary/aromatic N) is 4. The SMILES string of the molecule is CC(C)(c1ccccc1)c1ccnc(N2c3ccccc3C(C)(C)c3ccc(-c4cccc5c4nc(-c4cccc6c4[nH]c4ccccc46)n5-c4ccccc4)cc32)c1. The maximum absolute atomic E-state index is 5.59. The Hall–Kier alpha value is -7.24. The van der Waals surface area contributed by atoms with Crippen LogP contribution in [0.3, 0.4) is 0 Å². The van der Waals surface area contributed by atoms with E-state index in [0.29, 0.717) is 0 Å². The number of H-pyrrole nitrogens is 1. The van der Waals surface area contributed by atoms with Gasteiger partial charge in [0.1, 0.15) is 11.6 Å². The van der Waals surface area contributed by atoms with Crippen LogP contribution in [0.4, 0.5) is 17.2 Å². The molecule has 1 aliphatic rings. The second-order valence-corrected chi connectivity index (χ2v) is 16.8. The van der Waals surface area contributed by atoms with Gasteiger partial charge in [0, 0.05) is 50.1 Å².